The van der Waals surface area contributed by atoms with Crippen molar-refractivity contribution in [1.29, 1.82) is 0 Å². The first-order valence-corrected chi connectivity index (χ1v) is 11.0. The van der Waals surface area contributed by atoms with Gasteiger partial charge >= 0.3 is 0 Å². The van der Waals surface area contributed by atoms with E-state index in [0.29, 0.717) is 11.5 Å². The second-order valence-electron chi connectivity index (χ2n) is 8.34. The molecule has 0 bridgehead atoms. The zero-order chi connectivity index (χ0) is 24.4. The Morgan fingerprint density at radius 3 is 2.53 bits per heavy atom. The van der Waals surface area contributed by atoms with Gasteiger partial charge in [0.2, 0.25) is 5.90 Å². The van der Waals surface area contributed by atoms with E-state index in [1.165, 1.54) is 0 Å². The maximum absolute atomic E-state index is 13.2. The van der Waals surface area contributed by atoms with Gasteiger partial charge in [0, 0.05) is 41.1 Å². The first kappa shape index (κ1) is 23.0. The van der Waals surface area contributed by atoms with E-state index in [0.717, 1.165) is 39.0 Å². The number of ether oxygens (including phenoxy) is 1. The van der Waals surface area contributed by atoms with Crippen LogP contribution in [0.25, 0.3) is 22.0 Å². The smallest absolute Gasteiger partial charge is 0.258 e. The third-order valence-corrected chi connectivity index (χ3v) is 5.77. The Morgan fingerprint density at radius 2 is 1.82 bits per heavy atom. The van der Waals surface area contributed by atoms with E-state index in [2.05, 4.69) is 15.3 Å². The van der Waals surface area contributed by atoms with Gasteiger partial charge < -0.3 is 19.7 Å². The minimum Gasteiger partial charge on any atom is -0.508 e. The van der Waals surface area contributed by atoms with Crippen molar-refractivity contribution in [1.82, 2.24) is 9.55 Å². The fourth-order valence-electron chi connectivity index (χ4n) is 3.96. The van der Waals surface area contributed by atoms with Crippen LogP contribution in [0, 0.1) is 13.8 Å². The van der Waals surface area contributed by atoms with Crippen LogP contribution in [0.3, 0.4) is 0 Å². The van der Waals surface area contributed by atoms with Crippen LogP contribution in [0.15, 0.2) is 70.6 Å². The molecule has 0 spiro atoms. The summed E-state index contributed by atoms with van der Waals surface area (Å²) in [4.78, 5) is 22.2. The number of nitrogens with zero attached hydrogens (tertiary/aromatic N) is 3. The van der Waals surface area contributed by atoms with Crippen LogP contribution < -0.4 is 10.9 Å². The van der Waals surface area contributed by atoms with Crippen LogP contribution in [0.1, 0.15) is 23.7 Å². The second-order valence-corrected chi connectivity index (χ2v) is 8.34. The molecule has 1 atom stereocenters. The molecule has 2 heterocycles. The average molecular weight is 457 g/mol. The molecule has 0 saturated heterocycles. The molecular weight excluding hydrogens is 428 g/mol. The van der Waals surface area contributed by atoms with Crippen molar-refractivity contribution < 1.29 is 9.84 Å². The predicted molar refractivity (Wildman–Crippen MR) is 137 cm³/mol. The molecule has 0 aliphatic rings. The molecule has 0 aliphatic heterocycles. The summed E-state index contributed by atoms with van der Waals surface area (Å²) in [6.07, 6.45) is 1.50. The number of aliphatic imine (C=N–C) groups is 1. The van der Waals surface area contributed by atoms with Gasteiger partial charge in [-0.1, -0.05) is 6.07 Å². The average Bonchev–Trinajstić information content (AvgIpc) is 2.82. The van der Waals surface area contributed by atoms with Crippen molar-refractivity contribution in [3.63, 3.8) is 0 Å². The molecule has 4 rings (SSSR count). The Bertz CT molecular complexity index is 1440. The van der Waals surface area contributed by atoms with Gasteiger partial charge in [-0.3, -0.25) is 9.78 Å². The zero-order valence-corrected chi connectivity index (χ0v) is 20.0. The molecule has 7 nitrogen and oxygen atoms in total. The molecule has 174 valence electrons. The predicted octanol–water partition coefficient (Wildman–Crippen LogP) is 4.77. The number of rotatable bonds is 5. The third-order valence-electron chi connectivity index (χ3n) is 5.77. The van der Waals surface area contributed by atoms with E-state index in [9.17, 15) is 9.90 Å². The van der Waals surface area contributed by atoms with Gasteiger partial charge in [0.15, 0.2) is 0 Å². The van der Waals surface area contributed by atoms with E-state index in [-0.39, 0.29) is 17.5 Å². The van der Waals surface area contributed by atoms with Crippen LogP contribution in [-0.2, 0) is 11.8 Å². The minimum absolute atomic E-state index is 0.0570. The number of pyridine rings is 2. The largest absolute Gasteiger partial charge is 0.508 e. The SMILES string of the molecule is COC(=NC(C)Nc1ccc(C)c(-c2cc3cnc(C)cc3n(C)c2=O)c1)c1ccc(O)cc1. The fourth-order valence-corrected chi connectivity index (χ4v) is 3.96. The van der Waals surface area contributed by atoms with Crippen molar-refractivity contribution in [3.05, 3.63) is 88.0 Å². The number of methoxy groups -OCH3 is 1. The van der Waals surface area contributed by atoms with E-state index in [4.69, 9.17) is 4.74 Å². The molecule has 0 fully saturated rings. The van der Waals surface area contributed by atoms with Gasteiger partial charge in [0.05, 0.1) is 12.6 Å². The summed E-state index contributed by atoms with van der Waals surface area (Å²) in [5, 5.41) is 13.8. The van der Waals surface area contributed by atoms with Crippen molar-refractivity contribution in [3.8, 4) is 16.9 Å². The number of phenols is 1. The third kappa shape index (κ3) is 4.64. The molecule has 2 aromatic carbocycles. The Labute approximate surface area is 198 Å². The molecular formula is C27H28N4O3. The number of aromatic nitrogens is 2. The number of nitrogens with one attached hydrogen (secondary N) is 1. The number of fused-ring (bicyclic) bond motifs is 1. The van der Waals surface area contributed by atoms with Crippen LogP contribution >= 0.6 is 0 Å². The molecule has 4 aromatic rings. The lowest BCUT2D eigenvalue weighted by Gasteiger charge is -2.16. The molecule has 0 aliphatic carbocycles. The van der Waals surface area contributed by atoms with Crippen LogP contribution in [0.2, 0.25) is 0 Å². The maximum Gasteiger partial charge on any atom is 0.258 e. The maximum atomic E-state index is 13.2. The summed E-state index contributed by atoms with van der Waals surface area (Å²) in [5.74, 6) is 0.641. The second kappa shape index (κ2) is 9.39. The fraction of sp³-hybridized carbons (Fsp3) is 0.222. The van der Waals surface area contributed by atoms with Gasteiger partial charge in [0.1, 0.15) is 11.9 Å². The number of phenolic OH excluding ortho intramolecular Hbond substituents is 1. The highest BCUT2D eigenvalue weighted by Gasteiger charge is 2.13. The summed E-state index contributed by atoms with van der Waals surface area (Å²) in [5.41, 5.74) is 5.75. The summed E-state index contributed by atoms with van der Waals surface area (Å²) < 4.78 is 7.13. The Hall–Kier alpha value is -4.13. The standard InChI is InChI=1S/C27H28N4O3/c1-16-6-9-21(29-18(3)30-26(34-5)19-7-10-22(32)11-8-19)14-23(16)24-13-20-15-28-17(2)12-25(20)31(4)27(24)33/h6-15,18,29,32H,1-5H3. The van der Waals surface area contributed by atoms with Crippen molar-refractivity contribution in [2.45, 2.75) is 26.9 Å². The molecule has 0 radical (unpaired) electrons. The van der Waals surface area contributed by atoms with Gasteiger partial charge in [-0.05, 0) is 80.4 Å². The zero-order valence-electron chi connectivity index (χ0n) is 20.0. The summed E-state index contributed by atoms with van der Waals surface area (Å²) in [6.45, 7) is 5.82. The first-order chi connectivity index (χ1) is 16.3. The number of aryl methyl sites for hydroxylation is 3. The van der Waals surface area contributed by atoms with E-state index in [1.807, 2.05) is 51.1 Å². The highest BCUT2D eigenvalue weighted by atomic mass is 16.5. The normalized spacial score (nSPS) is 12.6. The van der Waals surface area contributed by atoms with Crippen molar-refractivity contribution in [2.75, 3.05) is 12.4 Å². The van der Waals surface area contributed by atoms with Gasteiger partial charge in [-0.15, -0.1) is 0 Å². The van der Waals surface area contributed by atoms with Gasteiger partial charge in [-0.25, -0.2) is 4.99 Å². The topological polar surface area (TPSA) is 88.7 Å². The van der Waals surface area contributed by atoms with Crippen molar-refractivity contribution in [2.24, 2.45) is 12.0 Å². The Kier molecular flexibility index (Phi) is 6.36. The van der Waals surface area contributed by atoms with Crippen LogP contribution in [-0.4, -0.2) is 33.8 Å². The highest BCUT2D eigenvalue weighted by Crippen LogP contribution is 2.27. The number of anilines is 1. The molecule has 7 heteroatoms. The minimum atomic E-state index is -0.300. The lowest BCUT2D eigenvalue weighted by Crippen LogP contribution is -2.20. The number of hydrogen-bond donors (Lipinski definition) is 2. The van der Waals surface area contributed by atoms with Crippen molar-refractivity contribution >= 4 is 22.5 Å². The Balaban J connectivity index is 1.68. The monoisotopic (exact) mass is 456 g/mol. The van der Waals surface area contributed by atoms with Crippen LogP contribution in [0.5, 0.6) is 5.75 Å². The summed E-state index contributed by atoms with van der Waals surface area (Å²) >= 11 is 0. The Morgan fingerprint density at radius 1 is 1.09 bits per heavy atom. The molecule has 0 amide bonds. The summed E-state index contributed by atoms with van der Waals surface area (Å²) in [7, 11) is 3.35. The lowest BCUT2D eigenvalue weighted by atomic mass is 9.99. The molecule has 0 saturated carbocycles. The molecule has 2 aromatic heterocycles. The number of aromatic hydroxyl groups is 1. The van der Waals surface area contributed by atoms with Crippen LogP contribution in [0.4, 0.5) is 5.69 Å². The molecule has 34 heavy (non-hydrogen) atoms. The van der Waals surface area contributed by atoms with E-state index in [1.54, 1.807) is 49.2 Å². The number of benzene rings is 2. The number of hydrogen-bond acceptors (Lipinski definition) is 6. The van der Waals surface area contributed by atoms with Gasteiger partial charge in [0.25, 0.3) is 5.56 Å². The highest BCUT2D eigenvalue weighted by molar-refractivity contribution is 5.94. The van der Waals surface area contributed by atoms with Gasteiger partial charge in [-0.2, -0.15) is 0 Å². The van der Waals surface area contributed by atoms with E-state index >= 15 is 0 Å². The summed E-state index contributed by atoms with van der Waals surface area (Å²) in [6, 6.07) is 16.4. The first-order valence-electron chi connectivity index (χ1n) is 11.0. The molecule has 2 N–H and O–H groups in total. The molecule has 1 unspecified atom stereocenters. The van der Waals surface area contributed by atoms with E-state index < -0.39 is 0 Å². The lowest BCUT2D eigenvalue weighted by molar-refractivity contribution is 0.400. The quantitative estimate of drug-likeness (QED) is 0.333.